The zero-order valence-corrected chi connectivity index (χ0v) is 7.09. The van der Waals surface area contributed by atoms with E-state index in [9.17, 15) is 0 Å². The van der Waals surface area contributed by atoms with Crippen LogP contribution in [-0.4, -0.2) is 31.7 Å². The Labute approximate surface area is 61.1 Å². The van der Waals surface area contributed by atoms with Gasteiger partial charge in [0.1, 0.15) is 7.84 Å². The van der Waals surface area contributed by atoms with Crippen LogP contribution in [0.15, 0.2) is 0 Å². The van der Waals surface area contributed by atoms with Crippen LogP contribution < -0.4 is 0 Å². The number of hydrogen-bond acceptors (Lipinski definition) is 4. The van der Waals surface area contributed by atoms with Gasteiger partial charge in [0.15, 0.2) is 0 Å². The third-order valence-electron chi connectivity index (χ3n) is 1.41. The maximum absolute atomic E-state index is 9.05. The predicted octanol–water partition coefficient (Wildman–Crippen LogP) is 0.112. The van der Waals surface area contributed by atoms with Crippen molar-refractivity contribution in [1.29, 1.82) is 0 Å². The average molecular weight is 184 g/mol. The van der Waals surface area contributed by atoms with E-state index in [0.29, 0.717) is 12.6 Å². The number of rotatable bonds is 0. The lowest BCUT2D eigenvalue weighted by molar-refractivity contribution is -0.0924. The topological polar surface area (TPSA) is 80.9 Å². The summed E-state index contributed by atoms with van der Waals surface area (Å²) in [4.78, 5) is 18.1. The summed E-state index contributed by atoms with van der Waals surface area (Å²) in [5.41, 5.74) is -1.99. The van der Waals surface area contributed by atoms with Crippen LogP contribution >= 0.6 is 15.7 Å². The maximum Gasteiger partial charge on any atom is 0.213 e. The van der Waals surface area contributed by atoms with E-state index < -0.39 is 21.2 Å². The summed E-state index contributed by atoms with van der Waals surface area (Å²) in [5, 5.41) is 18.0. The van der Waals surface area contributed by atoms with Gasteiger partial charge in [0.05, 0.1) is 7.84 Å². The van der Waals surface area contributed by atoms with Gasteiger partial charge in [-0.05, 0) is 12.6 Å². The van der Waals surface area contributed by atoms with Gasteiger partial charge in [-0.3, -0.25) is 0 Å². The Morgan fingerprint density at radius 1 is 1.20 bits per heavy atom. The zero-order valence-electron chi connectivity index (χ0n) is 5.30. The monoisotopic (exact) mass is 184 g/mol. The van der Waals surface area contributed by atoms with Crippen molar-refractivity contribution >= 4 is 15.7 Å². The Morgan fingerprint density at radius 3 is 2.20 bits per heavy atom. The molecule has 1 heterocycles. The van der Waals surface area contributed by atoms with Crippen molar-refractivity contribution in [2.24, 2.45) is 0 Å². The lowest BCUT2D eigenvalue weighted by atomic mass is 10.3. The summed E-state index contributed by atoms with van der Waals surface area (Å²) in [6.45, 7) is 0. The Hall–Kier alpha value is 0.700. The van der Waals surface area contributed by atoms with E-state index in [1.807, 2.05) is 0 Å². The van der Waals surface area contributed by atoms with Gasteiger partial charge in [-0.2, -0.15) is 0 Å². The molecule has 10 heavy (non-hydrogen) atoms. The molecule has 2 atom stereocenters. The molecule has 1 aliphatic heterocycles. The van der Waals surface area contributed by atoms with Gasteiger partial charge in [0.2, 0.25) is 5.53 Å². The second-order valence-electron chi connectivity index (χ2n) is 2.26. The van der Waals surface area contributed by atoms with Crippen molar-refractivity contribution in [3.8, 4) is 0 Å². The summed E-state index contributed by atoms with van der Waals surface area (Å²) < 4.78 is 0. The fourth-order valence-electron chi connectivity index (χ4n) is 0.837. The predicted molar refractivity (Wildman–Crippen MR) is 39.5 cm³/mol. The molecule has 0 aromatic carbocycles. The molecule has 60 valence electrons. The van der Waals surface area contributed by atoms with Crippen molar-refractivity contribution < 1.29 is 20.0 Å². The minimum Gasteiger partial charge on any atom is -0.367 e. The van der Waals surface area contributed by atoms with E-state index in [2.05, 4.69) is 0 Å². The molecule has 4 nitrogen and oxygen atoms in total. The second-order valence-corrected chi connectivity index (χ2v) is 7.27. The molecular weight excluding hydrogens is 174 g/mol. The van der Waals surface area contributed by atoms with Crippen LogP contribution in [0.3, 0.4) is 0 Å². The first-order valence-corrected chi connectivity index (χ1v) is 6.42. The highest BCUT2D eigenvalue weighted by molar-refractivity contribution is 8.25. The molecule has 1 rings (SSSR count). The van der Waals surface area contributed by atoms with Crippen LogP contribution in [0.5, 0.6) is 0 Å². The van der Waals surface area contributed by atoms with Gasteiger partial charge in [-0.25, -0.2) is 0 Å². The summed E-state index contributed by atoms with van der Waals surface area (Å²) in [6.07, 6.45) is 1.28. The summed E-state index contributed by atoms with van der Waals surface area (Å²) in [6, 6.07) is 0. The van der Waals surface area contributed by atoms with E-state index in [0.717, 1.165) is 0 Å². The van der Waals surface area contributed by atoms with Crippen molar-refractivity contribution in [3.63, 3.8) is 0 Å². The minimum atomic E-state index is -1.99. The van der Waals surface area contributed by atoms with Crippen LogP contribution in [0, 0.1) is 0 Å². The molecule has 0 spiro atoms. The van der Waals surface area contributed by atoms with Crippen molar-refractivity contribution in [3.05, 3.63) is 0 Å². The molecule has 0 bridgehead atoms. The molecule has 0 amide bonds. The summed E-state index contributed by atoms with van der Waals surface area (Å²) in [7, 11) is -3.49. The zero-order chi connectivity index (χ0) is 7.78. The van der Waals surface area contributed by atoms with E-state index >= 15 is 0 Å². The van der Waals surface area contributed by atoms with Crippen molar-refractivity contribution in [1.82, 2.24) is 0 Å². The van der Waals surface area contributed by atoms with Crippen LogP contribution in [0.1, 0.15) is 12.8 Å². The van der Waals surface area contributed by atoms with E-state index in [-0.39, 0.29) is 6.42 Å². The highest BCUT2D eigenvalue weighted by Crippen LogP contribution is 2.72. The Bertz CT molecular complexity index is 128. The fourth-order valence-corrected chi connectivity index (χ4v) is 4.60. The molecule has 2 unspecified atom stereocenters. The minimum absolute atomic E-state index is 0.175. The summed E-state index contributed by atoms with van der Waals surface area (Å²) >= 11 is 0. The first-order valence-electron chi connectivity index (χ1n) is 2.94. The molecule has 0 aromatic rings. The fraction of sp³-hybridized carbons (Fsp3) is 1.00. The molecule has 0 saturated carbocycles. The first kappa shape index (κ1) is 8.79. The van der Waals surface area contributed by atoms with Gasteiger partial charge in [-0.15, -0.1) is 0 Å². The van der Waals surface area contributed by atoms with E-state index in [1.165, 1.54) is 0 Å². The van der Waals surface area contributed by atoms with E-state index in [1.54, 1.807) is 0 Å². The van der Waals surface area contributed by atoms with E-state index in [4.69, 9.17) is 20.0 Å². The third-order valence-corrected chi connectivity index (χ3v) is 6.30. The average Bonchev–Trinajstić information content (AvgIpc) is 1.83. The van der Waals surface area contributed by atoms with Gasteiger partial charge < -0.3 is 20.0 Å². The quantitative estimate of drug-likeness (QED) is 0.318. The summed E-state index contributed by atoms with van der Waals surface area (Å²) in [5.74, 6) is 0. The Morgan fingerprint density at radius 2 is 1.80 bits per heavy atom. The van der Waals surface area contributed by atoms with Gasteiger partial charge in [-0.1, -0.05) is 0 Å². The SMILES string of the molecule is OP1CCCC(O)(O)P1O. The molecule has 1 saturated heterocycles. The molecule has 0 radical (unpaired) electrons. The molecule has 0 aromatic heterocycles. The normalized spacial score (nSPS) is 39.6. The Kier molecular flexibility index (Phi) is 2.62. The van der Waals surface area contributed by atoms with Crippen molar-refractivity contribution in [2.45, 2.75) is 18.4 Å². The first-order chi connectivity index (χ1) is 4.54. The van der Waals surface area contributed by atoms with Gasteiger partial charge in [0.25, 0.3) is 0 Å². The van der Waals surface area contributed by atoms with Crippen LogP contribution in [-0.2, 0) is 0 Å². The molecule has 1 aliphatic rings. The highest BCUT2D eigenvalue weighted by atomic mass is 32.1. The second kappa shape index (κ2) is 2.98. The lowest BCUT2D eigenvalue weighted by Crippen LogP contribution is -2.28. The Balaban J connectivity index is 2.60. The molecular formula is C4H10O4P2. The van der Waals surface area contributed by atoms with Crippen LogP contribution in [0.2, 0.25) is 0 Å². The van der Waals surface area contributed by atoms with Gasteiger partial charge >= 0.3 is 0 Å². The molecule has 1 fully saturated rings. The van der Waals surface area contributed by atoms with Crippen LogP contribution in [0.25, 0.3) is 0 Å². The van der Waals surface area contributed by atoms with Gasteiger partial charge in [0, 0.05) is 6.42 Å². The van der Waals surface area contributed by atoms with Crippen LogP contribution in [0.4, 0.5) is 0 Å². The number of hydrogen-bond donors (Lipinski definition) is 4. The van der Waals surface area contributed by atoms with Crippen molar-refractivity contribution in [2.75, 3.05) is 6.16 Å². The lowest BCUT2D eigenvalue weighted by Gasteiger charge is -2.33. The smallest absolute Gasteiger partial charge is 0.213 e. The molecule has 0 aliphatic carbocycles. The standard InChI is InChI=1S/C4H10O4P2/c5-4(6)2-1-3-9(7)10(4)8/h5-8H,1-3H2. The highest BCUT2D eigenvalue weighted by Gasteiger charge is 2.42. The molecule has 4 N–H and O–H groups in total. The largest absolute Gasteiger partial charge is 0.367 e. The maximum atomic E-state index is 9.05. The third kappa shape index (κ3) is 1.65. The number of aliphatic hydroxyl groups is 2. The molecule has 6 heteroatoms.